The molecule has 4 aliphatic heterocycles. The Morgan fingerprint density at radius 2 is 0.551 bits per heavy atom. The van der Waals surface area contributed by atoms with Crippen LogP contribution in [0.3, 0.4) is 0 Å². The molecule has 8 aliphatic rings. The summed E-state index contributed by atoms with van der Waals surface area (Å²) in [5.74, 6) is 0. The Kier molecular flexibility index (Phi) is 9.78. The van der Waals surface area contributed by atoms with Crippen molar-refractivity contribution >= 4 is 102 Å². The molecule has 4 heterocycles. The van der Waals surface area contributed by atoms with Gasteiger partial charge in [-0.25, -0.2) is 0 Å². The fraction of sp³-hybridized carbons (Fsp3) is 0.0213. The van der Waals surface area contributed by atoms with E-state index in [2.05, 4.69) is 337 Å². The molecule has 0 N–H and O–H groups in total. The van der Waals surface area contributed by atoms with Crippen LogP contribution in [-0.2, 0) is 10.8 Å². The zero-order valence-electron chi connectivity index (χ0n) is 53.2. The third-order valence-corrected chi connectivity index (χ3v) is 24.2. The van der Waals surface area contributed by atoms with Gasteiger partial charge < -0.3 is 9.80 Å². The van der Waals surface area contributed by atoms with Gasteiger partial charge in [0.25, 0.3) is 0 Å². The van der Waals surface area contributed by atoms with Crippen LogP contribution in [0, 0.1) is 0 Å². The SMILES string of the molecule is c1ccc(-c2ccccc2-c2c3cccc4c3c3c5c(cccc25)B2c5cc6c(cc5N(c5ccccc5)c5cc7c(c-3c52)B4c2cc3c(cc2N7c2ccccc2)-c2ccccc2C32c3ccccc3-c3ccccc32)-c2ccccc2C62c3ccccc3-c3ccccc32)cc1. The molecule has 4 aliphatic carbocycles. The van der Waals surface area contributed by atoms with Gasteiger partial charge in [0, 0.05) is 34.1 Å². The number of benzene rings is 16. The smallest absolute Gasteiger partial charge is 0.248 e. The van der Waals surface area contributed by atoms with E-state index in [4.69, 9.17) is 0 Å². The van der Waals surface area contributed by atoms with Crippen molar-refractivity contribution in [3.05, 3.63) is 372 Å². The van der Waals surface area contributed by atoms with E-state index in [9.17, 15) is 0 Å². The van der Waals surface area contributed by atoms with Crippen molar-refractivity contribution in [2.75, 3.05) is 9.80 Å². The van der Waals surface area contributed by atoms with Crippen molar-refractivity contribution in [2.24, 2.45) is 0 Å². The molecular weight excluding hydrogens is 1180 g/mol. The van der Waals surface area contributed by atoms with Crippen molar-refractivity contribution in [3.63, 3.8) is 0 Å². The van der Waals surface area contributed by atoms with Crippen molar-refractivity contribution in [1.29, 1.82) is 0 Å². The molecule has 0 aromatic heterocycles. The minimum absolute atomic E-state index is 0.161. The highest BCUT2D eigenvalue weighted by Gasteiger charge is 2.57. The highest BCUT2D eigenvalue weighted by Crippen LogP contribution is 2.66. The van der Waals surface area contributed by atoms with E-state index >= 15 is 0 Å². The van der Waals surface area contributed by atoms with E-state index in [-0.39, 0.29) is 13.4 Å². The third-order valence-electron chi connectivity index (χ3n) is 24.2. The zero-order valence-corrected chi connectivity index (χ0v) is 53.2. The number of fused-ring (bicyclic) bond motifs is 26. The third kappa shape index (κ3) is 6.02. The Labute approximate surface area is 568 Å². The first-order valence-electron chi connectivity index (χ1n) is 34.7. The lowest BCUT2D eigenvalue weighted by Gasteiger charge is -2.48. The molecule has 2 spiro atoms. The van der Waals surface area contributed by atoms with Crippen LogP contribution in [0.2, 0.25) is 0 Å². The Morgan fingerprint density at radius 3 is 0.949 bits per heavy atom. The van der Waals surface area contributed by atoms with Crippen LogP contribution < -0.4 is 42.6 Å². The molecule has 0 radical (unpaired) electrons. The summed E-state index contributed by atoms with van der Waals surface area (Å²) in [6.07, 6.45) is 0. The minimum Gasteiger partial charge on any atom is -0.311 e. The Bertz CT molecular complexity index is 5920. The predicted octanol–water partition coefficient (Wildman–Crippen LogP) is 18.9. The molecule has 98 heavy (non-hydrogen) atoms. The molecule has 0 amide bonds. The van der Waals surface area contributed by atoms with Crippen LogP contribution in [0.25, 0.3) is 99.4 Å². The number of para-hydroxylation sites is 2. The van der Waals surface area contributed by atoms with Gasteiger partial charge in [0.2, 0.25) is 13.4 Å². The fourth-order valence-electron chi connectivity index (χ4n) is 21.0. The van der Waals surface area contributed by atoms with Gasteiger partial charge in [0.05, 0.1) is 10.8 Å². The average molecular weight is 1230 g/mol. The molecule has 0 fully saturated rings. The van der Waals surface area contributed by atoms with E-state index < -0.39 is 10.8 Å². The molecule has 0 bridgehead atoms. The molecule has 0 saturated heterocycles. The van der Waals surface area contributed by atoms with E-state index in [1.807, 2.05) is 0 Å². The van der Waals surface area contributed by atoms with E-state index in [0.717, 1.165) is 11.4 Å². The van der Waals surface area contributed by atoms with Crippen LogP contribution in [-0.4, -0.2) is 13.4 Å². The van der Waals surface area contributed by atoms with Crippen LogP contribution >= 0.6 is 0 Å². The zero-order chi connectivity index (χ0) is 63.4. The summed E-state index contributed by atoms with van der Waals surface area (Å²) in [6, 6.07) is 127. The van der Waals surface area contributed by atoms with Gasteiger partial charge in [0.15, 0.2) is 0 Å². The molecule has 16 aromatic rings. The maximum absolute atomic E-state index is 2.73. The van der Waals surface area contributed by atoms with Crippen molar-refractivity contribution in [2.45, 2.75) is 10.8 Å². The van der Waals surface area contributed by atoms with Gasteiger partial charge in [-0.3, -0.25) is 0 Å². The topological polar surface area (TPSA) is 6.48 Å². The molecule has 16 aromatic carbocycles. The summed E-state index contributed by atoms with van der Waals surface area (Å²) in [5.41, 5.74) is 43.2. The molecule has 24 rings (SSSR count). The Balaban J connectivity index is 0.889. The lowest BCUT2D eigenvalue weighted by atomic mass is 9.26. The van der Waals surface area contributed by atoms with Crippen LogP contribution in [0.15, 0.2) is 328 Å². The molecule has 0 saturated carbocycles. The Morgan fingerprint density at radius 1 is 0.214 bits per heavy atom. The summed E-state index contributed by atoms with van der Waals surface area (Å²) in [5, 5.41) is 5.29. The number of anilines is 6. The number of hydrogen-bond donors (Lipinski definition) is 0. The van der Waals surface area contributed by atoms with Crippen molar-refractivity contribution in [1.82, 2.24) is 0 Å². The number of rotatable bonds is 4. The minimum atomic E-state index is -0.545. The summed E-state index contributed by atoms with van der Waals surface area (Å²) in [6.45, 7) is -0.323. The maximum Gasteiger partial charge on any atom is 0.248 e. The van der Waals surface area contributed by atoms with Crippen LogP contribution in [0.4, 0.5) is 34.1 Å². The second-order valence-corrected chi connectivity index (χ2v) is 28.2. The first kappa shape index (κ1) is 52.1. The predicted molar refractivity (Wildman–Crippen MR) is 409 cm³/mol. The quantitative estimate of drug-likeness (QED) is 0.128. The average Bonchev–Trinajstić information content (AvgIpc) is 0.937. The lowest BCUT2D eigenvalue weighted by Crippen LogP contribution is -2.66. The second kappa shape index (κ2) is 18.4. The molecule has 0 unspecified atom stereocenters. The standard InChI is InChI=1S/C94H54B2N2/c1-4-26-55(27-5-1)58-32-10-11-39-65(58)86-66-40-24-48-78-87(66)89-88-67(86)41-25-49-79(88)96-81-53-77-69(64-38-17-23-47-75(64)94(77)72-44-20-14-35-61(72)62-36-15-21-45-73(62)94)51-83(81)98(57-30-8-3-9-31-57)85-54-84-91(90(89)92(85)96)95(78)80-52-76-68(50-82(80)97(84)56-28-6-2-7-29-56)63-37-16-22-46-74(63)93(76)70-42-18-12-33-59(70)60-34-13-19-43-71(60)93/h1-54H. The van der Waals surface area contributed by atoms with Gasteiger partial charge in [-0.2, -0.15) is 0 Å². The molecule has 0 atom stereocenters. The van der Waals surface area contributed by atoms with Crippen LogP contribution in [0.1, 0.15) is 44.5 Å². The number of hydrogen-bond acceptors (Lipinski definition) is 2. The van der Waals surface area contributed by atoms with E-state index in [1.165, 1.54) is 199 Å². The first-order valence-corrected chi connectivity index (χ1v) is 34.7. The molecule has 4 heteroatoms. The number of nitrogens with zero attached hydrogens (tertiary/aromatic N) is 2. The first-order chi connectivity index (χ1) is 48.7. The molecule has 446 valence electrons. The van der Waals surface area contributed by atoms with E-state index in [0.29, 0.717) is 0 Å². The summed E-state index contributed by atoms with van der Waals surface area (Å²) >= 11 is 0. The maximum atomic E-state index is 2.73. The fourth-order valence-corrected chi connectivity index (χ4v) is 21.0. The second-order valence-electron chi connectivity index (χ2n) is 28.2. The van der Waals surface area contributed by atoms with E-state index in [1.54, 1.807) is 0 Å². The van der Waals surface area contributed by atoms with Gasteiger partial charge in [-0.1, -0.05) is 296 Å². The van der Waals surface area contributed by atoms with Gasteiger partial charge in [-0.15, -0.1) is 0 Å². The van der Waals surface area contributed by atoms with Crippen molar-refractivity contribution < 1.29 is 0 Å². The van der Waals surface area contributed by atoms with Crippen LogP contribution in [0.5, 0.6) is 0 Å². The summed E-state index contributed by atoms with van der Waals surface area (Å²) < 4.78 is 0. The van der Waals surface area contributed by atoms with Gasteiger partial charge in [-0.05, 0) is 208 Å². The Hall–Kier alpha value is -12.2. The van der Waals surface area contributed by atoms with Gasteiger partial charge in [0.1, 0.15) is 0 Å². The largest absolute Gasteiger partial charge is 0.311 e. The monoisotopic (exact) mass is 1230 g/mol. The molecule has 2 nitrogen and oxygen atoms in total. The lowest BCUT2D eigenvalue weighted by molar-refractivity contribution is 0.794. The molecular formula is C94H54B2N2. The highest BCUT2D eigenvalue weighted by atomic mass is 15.2. The van der Waals surface area contributed by atoms with Crippen molar-refractivity contribution in [3.8, 4) is 77.9 Å². The van der Waals surface area contributed by atoms with Gasteiger partial charge >= 0.3 is 0 Å². The summed E-state index contributed by atoms with van der Waals surface area (Å²) in [7, 11) is 0. The summed E-state index contributed by atoms with van der Waals surface area (Å²) in [4.78, 5) is 5.36. The highest BCUT2D eigenvalue weighted by molar-refractivity contribution is 7.05. The normalized spacial score (nSPS) is 14.8.